The van der Waals surface area contributed by atoms with Gasteiger partial charge in [0.05, 0.1) is 5.56 Å². The Bertz CT molecular complexity index is 744. The third-order valence-corrected chi connectivity index (χ3v) is 3.76. The zero-order valence-corrected chi connectivity index (χ0v) is 14.3. The van der Waals surface area contributed by atoms with Crippen molar-refractivity contribution in [2.75, 3.05) is 13.7 Å². The summed E-state index contributed by atoms with van der Waals surface area (Å²) in [5.74, 6) is -0.627. The number of hydrogen-bond acceptors (Lipinski definition) is 3. The number of rotatable bonds is 6. The minimum absolute atomic E-state index is 0.150. The molecular weight excluding hydrogens is 328 g/mol. The summed E-state index contributed by atoms with van der Waals surface area (Å²) in [5.41, 5.74) is 7.63. The van der Waals surface area contributed by atoms with Gasteiger partial charge in [-0.05, 0) is 30.7 Å². The summed E-state index contributed by atoms with van der Waals surface area (Å²) in [7, 11) is 1.70. The number of primary amides is 1. The van der Waals surface area contributed by atoms with E-state index in [-0.39, 0.29) is 23.8 Å². The highest BCUT2D eigenvalue weighted by Crippen LogP contribution is 2.22. The predicted octanol–water partition coefficient (Wildman–Crippen LogP) is 2.78. The smallest absolute Gasteiger partial charge is 0.260 e. The SMILES string of the molecule is Cc1ccc(CN(C)C(=O)COc2ccc(Cl)cc2C(N)=O)cc1. The summed E-state index contributed by atoms with van der Waals surface area (Å²) in [6.07, 6.45) is 0. The van der Waals surface area contributed by atoms with E-state index in [1.54, 1.807) is 18.0 Å². The second-order valence-electron chi connectivity index (χ2n) is 5.53. The third kappa shape index (κ3) is 4.73. The molecule has 2 N–H and O–H groups in total. The van der Waals surface area contributed by atoms with E-state index in [1.165, 1.54) is 12.1 Å². The van der Waals surface area contributed by atoms with Crippen LogP contribution in [0.5, 0.6) is 5.75 Å². The van der Waals surface area contributed by atoms with E-state index in [1.807, 2.05) is 31.2 Å². The molecule has 2 aromatic carbocycles. The van der Waals surface area contributed by atoms with Gasteiger partial charge in [0.25, 0.3) is 11.8 Å². The first-order valence-corrected chi connectivity index (χ1v) is 7.76. The highest BCUT2D eigenvalue weighted by Gasteiger charge is 2.14. The minimum atomic E-state index is -0.659. The highest BCUT2D eigenvalue weighted by molar-refractivity contribution is 6.31. The lowest BCUT2D eigenvalue weighted by atomic mass is 10.1. The van der Waals surface area contributed by atoms with Crippen LogP contribution in [0.2, 0.25) is 5.02 Å². The molecule has 0 aliphatic heterocycles. The van der Waals surface area contributed by atoms with Crippen LogP contribution in [-0.2, 0) is 11.3 Å². The Labute approximate surface area is 146 Å². The monoisotopic (exact) mass is 346 g/mol. The van der Waals surface area contributed by atoms with Gasteiger partial charge in [0.1, 0.15) is 5.75 Å². The Kier molecular flexibility index (Phi) is 5.82. The van der Waals surface area contributed by atoms with Crippen LogP contribution < -0.4 is 10.5 Å². The first-order chi connectivity index (χ1) is 11.4. The van der Waals surface area contributed by atoms with Crippen LogP contribution in [0.15, 0.2) is 42.5 Å². The van der Waals surface area contributed by atoms with Gasteiger partial charge in [-0.15, -0.1) is 0 Å². The van der Waals surface area contributed by atoms with E-state index in [4.69, 9.17) is 22.1 Å². The molecule has 5 nitrogen and oxygen atoms in total. The molecule has 0 saturated carbocycles. The number of likely N-dealkylation sites (N-methyl/N-ethyl adjacent to an activating group) is 1. The molecule has 2 amide bonds. The minimum Gasteiger partial charge on any atom is -0.483 e. The molecule has 2 aromatic rings. The van der Waals surface area contributed by atoms with Gasteiger partial charge in [-0.2, -0.15) is 0 Å². The number of carbonyl (C=O) groups is 2. The number of carbonyl (C=O) groups excluding carboxylic acids is 2. The van der Waals surface area contributed by atoms with Crippen molar-refractivity contribution in [2.45, 2.75) is 13.5 Å². The van der Waals surface area contributed by atoms with Crippen molar-refractivity contribution in [1.82, 2.24) is 4.90 Å². The average Bonchev–Trinajstić information content (AvgIpc) is 2.55. The fraction of sp³-hybridized carbons (Fsp3) is 0.222. The molecule has 24 heavy (non-hydrogen) atoms. The molecule has 0 aromatic heterocycles. The Balaban J connectivity index is 1.97. The molecule has 6 heteroatoms. The summed E-state index contributed by atoms with van der Waals surface area (Å²) < 4.78 is 5.44. The van der Waals surface area contributed by atoms with Crippen molar-refractivity contribution >= 4 is 23.4 Å². The zero-order chi connectivity index (χ0) is 17.7. The molecule has 0 heterocycles. The summed E-state index contributed by atoms with van der Waals surface area (Å²) in [6, 6.07) is 12.5. The molecule has 0 aliphatic carbocycles. The second kappa shape index (κ2) is 7.84. The van der Waals surface area contributed by atoms with Crippen LogP contribution in [0.3, 0.4) is 0 Å². The number of benzene rings is 2. The van der Waals surface area contributed by atoms with Gasteiger partial charge in [-0.25, -0.2) is 0 Å². The van der Waals surface area contributed by atoms with Gasteiger partial charge in [0, 0.05) is 18.6 Å². The molecule has 2 rings (SSSR count). The summed E-state index contributed by atoms with van der Waals surface area (Å²) in [6.45, 7) is 2.30. The summed E-state index contributed by atoms with van der Waals surface area (Å²) >= 11 is 5.84. The van der Waals surface area contributed by atoms with Crippen LogP contribution in [0, 0.1) is 6.92 Å². The first kappa shape index (κ1) is 17.8. The van der Waals surface area contributed by atoms with E-state index in [0.717, 1.165) is 11.1 Å². The molecule has 0 saturated heterocycles. The Morgan fingerprint density at radius 1 is 1.17 bits per heavy atom. The molecule has 0 atom stereocenters. The van der Waals surface area contributed by atoms with Crippen LogP contribution in [-0.4, -0.2) is 30.4 Å². The molecule has 126 valence electrons. The van der Waals surface area contributed by atoms with Crippen molar-refractivity contribution in [3.8, 4) is 5.75 Å². The van der Waals surface area contributed by atoms with Crippen LogP contribution in [0.25, 0.3) is 0 Å². The van der Waals surface area contributed by atoms with Gasteiger partial charge in [-0.3, -0.25) is 9.59 Å². The molecule has 0 bridgehead atoms. The van der Waals surface area contributed by atoms with Crippen LogP contribution in [0.4, 0.5) is 0 Å². The van der Waals surface area contributed by atoms with E-state index in [9.17, 15) is 9.59 Å². The van der Waals surface area contributed by atoms with Gasteiger partial charge >= 0.3 is 0 Å². The Morgan fingerprint density at radius 2 is 1.83 bits per heavy atom. The van der Waals surface area contributed by atoms with Crippen LogP contribution in [0.1, 0.15) is 21.5 Å². The van der Waals surface area contributed by atoms with Crippen molar-refractivity contribution in [1.29, 1.82) is 0 Å². The fourth-order valence-corrected chi connectivity index (χ4v) is 2.30. The van der Waals surface area contributed by atoms with Crippen molar-refractivity contribution in [3.63, 3.8) is 0 Å². The van der Waals surface area contributed by atoms with E-state index in [0.29, 0.717) is 11.6 Å². The summed E-state index contributed by atoms with van der Waals surface area (Å²) in [5, 5.41) is 0.374. The lowest BCUT2D eigenvalue weighted by molar-refractivity contribution is -0.132. The van der Waals surface area contributed by atoms with Crippen molar-refractivity contribution in [2.24, 2.45) is 5.73 Å². The zero-order valence-electron chi connectivity index (χ0n) is 13.6. The van der Waals surface area contributed by atoms with Crippen molar-refractivity contribution < 1.29 is 14.3 Å². The molecule has 0 aliphatic rings. The Hall–Kier alpha value is -2.53. The highest BCUT2D eigenvalue weighted by atomic mass is 35.5. The normalized spacial score (nSPS) is 10.3. The van der Waals surface area contributed by atoms with Crippen molar-refractivity contribution in [3.05, 3.63) is 64.2 Å². The van der Waals surface area contributed by atoms with Crippen LogP contribution >= 0.6 is 11.6 Å². The molecule has 0 fully saturated rings. The van der Waals surface area contributed by atoms with E-state index < -0.39 is 5.91 Å². The molecule has 0 radical (unpaired) electrons. The maximum Gasteiger partial charge on any atom is 0.260 e. The maximum atomic E-state index is 12.2. The molecular formula is C18H19ClN2O3. The number of aryl methyl sites for hydroxylation is 1. The number of nitrogens with zero attached hydrogens (tertiary/aromatic N) is 1. The topological polar surface area (TPSA) is 72.6 Å². The van der Waals surface area contributed by atoms with E-state index >= 15 is 0 Å². The van der Waals surface area contributed by atoms with Gasteiger partial charge < -0.3 is 15.4 Å². The Morgan fingerprint density at radius 3 is 2.46 bits per heavy atom. The number of nitrogens with two attached hydrogens (primary N) is 1. The third-order valence-electron chi connectivity index (χ3n) is 3.52. The maximum absolute atomic E-state index is 12.2. The number of hydrogen-bond donors (Lipinski definition) is 1. The predicted molar refractivity (Wildman–Crippen MR) is 93.1 cm³/mol. The van der Waals surface area contributed by atoms with Gasteiger partial charge in [-0.1, -0.05) is 41.4 Å². The standard InChI is InChI=1S/C18H19ClN2O3/c1-12-3-5-13(6-4-12)10-21(2)17(22)11-24-16-8-7-14(19)9-15(16)18(20)23/h3-9H,10-11H2,1-2H3,(H2,20,23). The summed E-state index contributed by atoms with van der Waals surface area (Å²) in [4.78, 5) is 25.2. The number of halogens is 1. The lowest BCUT2D eigenvalue weighted by Crippen LogP contribution is -2.31. The van der Waals surface area contributed by atoms with E-state index in [2.05, 4.69) is 0 Å². The average molecular weight is 347 g/mol. The number of ether oxygens (including phenoxy) is 1. The largest absolute Gasteiger partial charge is 0.483 e. The first-order valence-electron chi connectivity index (χ1n) is 7.38. The lowest BCUT2D eigenvalue weighted by Gasteiger charge is -2.18. The number of amides is 2. The fourth-order valence-electron chi connectivity index (χ4n) is 2.13. The second-order valence-corrected chi connectivity index (χ2v) is 5.97. The molecule has 0 spiro atoms. The van der Waals surface area contributed by atoms with Gasteiger partial charge in [0.15, 0.2) is 6.61 Å². The molecule has 0 unspecified atom stereocenters. The quantitative estimate of drug-likeness (QED) is 0.874. The van der Waals surface area contributed by atoms with Gasteiger partial charge in [0.2, 0.25) is 0 Å².